The molecule has 0 saturated carbocycles. The first-order chi connectivity index (χ1) is 19.4. The smallest absolute Gasteiger partial charge is 0.261 e. The maximum atomic E-state index is 13.1. The lowest BCUT2D eigenvalue weighted by Crippen LogP contribution is -2.31. The molecule has 0 radical (unpaired) electrons. The molecule has 11 heteroatoms. The summed E-state index contributed by atoms with van der Waals surface area (Å²) in [7, 11) is 0. The molecule has 1 aliphatic rings. The van der Waals surface area contributed by atoms with Crippen molar-refractivity contribution in [2.75, 3.05) is 18.4 Å². The van der Waals surface area contributed by atoms with Crippen molar-refractivity contribution in [3.05, 3.63) is 111 Å². The second-order valence-corrected chi connectivity index (χ2v) is 9.86. The Morgan fingerprint density at radius 3 is 2.62 bits per heavy atom. The summed E-state index contributed by atoms with van der Waals surface area (Å²) in [5.74, 6) is -0.504. The van der Waals surface area contributed by atoms with Crippen LogP contribution in [0.4, 0.5) is 5.69 Å². The fraction of sp³-hybridized carbons (Fsp3) is 0.138. The summed E-state index contributed by atoms with van der Waals surface area (Å²) in [4.78, 5) is 54.7. The van der Waals surface area contributed by atoms with Crippen LogP contribution in [0.15, 0.2) is 78.0 Å². The van der Waals surface area contributed by atoms with E-state index in [2.05, 4.69) is 25.3 Å². The molecule has 10 nitrogen and oxygen atoms in total. The number of hydrogen-bond donors (Lipinski definition) is 4. The van der Waals surface area contributed by atoms with Gasteiger partial charge in [-0.25, -0.2) is 4.98 Å². The lowest BCUT2D eigenvalue weighted by atomic mass is 10.1. The van der Waals surface area contributed by atoms with Gasteiger partial charge in [-0.2, -0.15) is 0 Å². The number of fused-ring (bicyclic) bond motifs is 2. The number of hydrogen-bond acceptors (Lipinski definition) is 7. The lowest BCUT2D eigenvalue weighted by molar-refractivity contribution is 0.0656. The van der Waals surface area contributed by atoms with E-state index in [1.54, 1.807) is 54.9 Å². The molecule has 4 heterocycles. The highest BCUT2D eigenvalue weighted by atomic mass is 35.5. The molecule has 0 spiro atoms. The number of anilines is 1. The number of aromatic amines is 2. The fourth-order valence-electron chi connectivity index (χ4n) is 4.80. The molecule has 3 aromatic heterocycles. The van der Waals surface area contributed by atoms with Crippen molar-refractivity contribution in [2.45, 2.75) is 12.5 Å². The van der Waals surface area contributed by atoms with Gasteiger partial charge in [0.05, 0.1) is 34.0 Å². The van der Waals surface area contributed by atoms with Crippen LogP contribution in [-0.2, 0) is 6.42 Å². The minimum Gasteiger partial charge on any atom is -0.387 e. The minimum atomic E-state index is -0.873. The van der Waals surface area contributed by atoms with E-state index in [4.69, 9.17) is 11.6 Å². The van der Waals surface area contributed by atoms with Crippen molar-refractivity contribution in [2.24, 2.45) is 0 Å². The molecule has 2 amide bonds. The van der Waals surface area contributed by atoms with Crippen molar-refractivity contribution in [3.8, 4) is 11.4 Å². The first-order valence-electron chi connectivity index (χ1n) is 12.6. The molecule has 5 aromatic rings. The fourth-order valence-corrected chi connectivity index (χ4v) is 5.00. The van der Waals surface area contributed by atoms with Gasteiger partial charge in [0.1, 0.15) is 11.4 Å². The van der Waals surface area contributed by atoms with Crippen molar-refractivity contribution in [1.82, 2.24) is 24.8 Å². The zero-order valence-electron chi connectivity index (χ0n) is 21.0. The van der Waals surface area contributed by atoms with Crippen molar-refractivity contribution < 1.29 is 14.7 Å². The molecular weight excluding hydrogens is 532 g/mol. The van der Waals surface area contributed by atoms with Crippen LogP contribution in [0.3, 0.4) is 0 Å². The van der Waals surface area contributed by atoms with Gasteiger partial charge in [-0.3, -0.25) is 24.3 Å². The van der Waals surface area contributed by atoms with E-state index >= 15 is 0 Å². The molecule has 0 bridgehead atoms. The molecule has 6 rings (SSSR count). The summed E-state index contributed by atoms with van der Waals surface area (Å²) in [5, 5.41) is 14.2. The standard InChI is InChI=1S/C29H23ClN6O4/c30-18-5-1-4-17(11-18)24(37)15-33-21-6-9-32-27(38)25(21)26-34-22-12-19-20(13-23(22)35-26)29(40)36(28(19)39)10-7-16-3-2-8-31-14-16/h1-6,8-9,11-14,24,37H,7,10,15H2,(H,34,35)(H2,32,33,38)/t24-/m1/s1. The van der Waals surface area contributed by atoms with Crippen molar-refractivity contribution >= 4 is 40.1 Å². The number of imidazole rings is 1. The van der Waals surface area contributed by atoms with Gasteiger partial charge in [0.25, 0.3) is 17.4 Å². The Kier molecular flexibility index (Phi) is 6.63. The summed E-state index contributed by atoms with van der Waals surface area (Å²) < 4.78 is 0. The van der Waals surface area contributed by atoms with E-state index in [1.807, 2.05) is 12.1 Å². The van der Waals surface area contributed by atoms with Gasteiger partial charge in [-0.15, -0.1) is 0 Å². The molecular formula is C29H23ClN6O4. The number of halogens is 1. The molecule has 0 saturated heterocycles. The number of nitrogens with zero attached hydrogens (tertiary/aromatic N) is 3. The normalized spacial score (nSPS) is 13.6. The van der Waals surface area contributed by atoms with E-state index in [-0.39, 0.29) is 47.4 Å². The number of aromatic nitrogens is 4. The van der Waals surface area contributed by atoms with Gasteiger partial charge in [0, 0.05) is 36.7 Å². The van der Waals surface area contributed by atoms with Crippen LogP contribution in [0.1, 0.15) is 37.9 Å². The molecule has 0 aliphatic carbocycles. The van der Waals surface area contributed by atoms with Crippen LogP contribution in [-0.4, -0.2) is 54.8 Å². The summed E-state index contributed by atoms with van der Waals surface area (Å²) in [6.45, 7) is 0.351. The van der Waals surface area contributed by atoms with E-state index in [1.165, 1.54) is 11.1 Å². The zero-order chi connectivity index (χ0) is 27.8. The number of carbonyl (C=O) groups excluding carboxylic acids is 2. The van der Waals surface area contributed by atoms with Crippen molar-refractivity contribution in [1.29, 1.82) is 0 Å². The average Bonchev–Trinajstić information content (AvgIpc) is 3.47. The zero-order valence-corrected chi connectivity index (χ0v) is 21.8. The van der Waals surface area contributed by atoms with Gasteiger partial charge in [-0.05, 0) is 53.9 Å². The number of pyridine rings is 2. The van der Waals surface area contributed by atoms with E-state index < -0.39 is 11.7 Å². The number of H-pyrrole nitrogens is 2. The number of amides is 2. The molecule has 0 fully saturated rings. The highest BCUT2D eigenvalue weighted by Gasteiger charge is 2.36. The second kappa shape index (κ2) is 10.4. The summed E-state index contributed by atoms with van der Waals surface area (Å²) in [5.41, 5.74) is 3.34. The Morgan fingerprint density at radius 2 is 1.85 bits per heavy atom. The third-order valence-electron chi connectivity index (χ3n) is 6.84. The largest absolute Gasteiger partial charge is 0.387 e. The SMILES string of the molecule is O=C1c2cc3nc(-c4c(NC[C@@H](O)c5cccc(Cl)c5)cc[nH]c4=O)[nH]c3cc2C(=O)N1CCc1cccnc1. The van der Waals surface area contributed by atoms with Crippen LogP contribution in [0.2, 0.25) is 5.02 Å². The second-order valence-electron chi connectivity index (χ2n) is 9.42. The number of aliphatic hydroxyl groups is 1. The summed E-state index contributed by atoms with van der Waals surface area (Å²) in [6.07, 6.45) is 4.50. The number of imide groups is 1. The molecule has 200 valence electrons. The first kappa shape index (κ1) is 25.5. The van der Waals surface area contributed by atoms with Gasteiger partial charge in [0.2, 0.25) is 0 Å². The van der Waals surface area contributed by atoms with Crippen LogP contribution >= 0.6 is 11.6 Å². The predicted molar refractivity (Wildman–Crippen MR) is 150 cm³/mol. The molecule has 2 aromatic carbocycles. The quantitative estimate of drug-likeness (QED) is 0.213. The van der Waals surface area contributed by atoms with Gasteiger partial charge >= 0.3 is 0 Å². The summed E-state index contributed by atoms with van der Waals surface area (Å²) in [6, 6.07) is 15.4. The highest BCUT2D eigenvalue weighted by Crippen LogP contribution is 2.30. The molecule has 4 N–H and O–H groups in total. The van der Waals surface area contributed by atoms with Crippen LogP contribution in [0.5, 0.6) is 0 Å². The average molecular weight is 555 g/mol. The van der Waals surface area contributed by atoms with E-state index in [9.17, 15) is 19.5 Å². The molecule has 0 unspecified atom stereocenters. The monoisotopic (exact) mass is 554 g/mol. The van der Waals surface area contributed by atoms with Gasteiger partial charge in [-0.1, -0.05) is 29.8 Å². The van der Waals surface area contributed by atoms with E-state index in [0.29, 0.717) is 33.7 Å². The summed E-state index contributed by atoms with van der Waals surface area (Å²) >= 11 is 6.04. The predicted octanol–water partition coefficient (Wildman–Crippen LogP) is 3.95. The number of rotatable bonds is 8. The van der Waals surface area contributed by atoms with E-state index in [0.717, 1.165) is 5.56 Å². The maximum Gasteiger partial charge on any atom is 0.261 e. The Hall–Kier alpha value is -4.80. The number of benzene rings is 2. The van der Waals surface area contributed by atoms with Crippen LogP contribution < -0.4 is 10.9 Å². The maximum absolute atomic E-state index is 13.1. The Balaban J connectivity index is 1.26. The Bertz CT molecular complexity index is 1760. The lowest BCUT2D eigenvalue weighted by Gasteiger charge is -2.15. The molecule has 1 atom stereocenters. The number of nitrogens with one attached hydrogen (secondary N) is 3. The van der Waals surface area contributed by atoms with Gasteiger partial charge in [0.15, 0.2) is 0 Å². The molecule has 40 heavy (non-hydrogen) atoms. The van der Waals surface area contributed by atoms with Crippen LogP contribution in [0.25, 0.3) is 22.4 Å². The third-order valence-corrected chi connectivity index (χ3v) is 7.07. The van der Waals surface area contributed by atoms with Crippen LogP contribution in [0, 0.1) is 0 Å². The molecule has 1 aliphatic heterocycles. The van der Waals surface area contributed by atoms with Crippen molar-refractivity contribution in [3.63, 3.8) is 0 Å². The highest BCUT2D eigenvalue weighted by molar-refractivity contribution is 6.30. The topological polar surface area (TPSA) is 144 Å². The number of carbonyl (C=O) groups is 2. The minimum absolute atomic E-state index is 0.114. The Labute approximate surface area is 232 Å². The third kappa shape index (κ3) is 4.74. The number of aliphatic hydroxyl groups excluding tert-OH is 1. The first-order valence-corrected chi connectivity index (χ1v) is 12.9. The van der Waals surface area contributed by atoms with Gasteiger partial charge < -0.3 is 20.4 Å². The Morgan fingerprint density at radius 1 is 1.02 bits per heavy atom.